The maximum absolute atomic E-state index is 6.02. The van der Waals surface area contributed by atoms with Gasteiger partial charge >= 0.3 is 0 Å². The van der Waals surface area contributed by atoms with E-state index < -0.39 is 0 Å². The molecule has 3 heteroatoms. The maximum atomic E-state index is 6.02. The van der Waals surface area contributed by atoms with Gasteiger partial charge in [-0.05, 0) is 24.3 Å². The van der Waals surface area contributed by atoms with Crippen molar-refractivity contribution >= 4 is 0 Å². The largest absolute Gasteiger partial charge is 0.374 e. The molecule has 1 N–H and O–H groups in total. The van der Waals surface area contributed by atoms with E-state index in [1.54, 1.807) is 0 Å². The molecule has 3 atom stereocenters. The van der Waals surface area contributed by atoms with Crippen molar-refractivity contribution in [2.24, 2.45) is 5.92 Å². The summed E-state index contributed by atoms with van der Waals surface area (Å²) in [6.07, 6.45) is 5.55. The zero-order valence-corrected chi connectivity index (χ0v) is 12.1. The molecule has 1 aromatic carbocycles. The quantitative estimate of drug-likeness (QED) is 0.916. The lowest BCUT2D eigenvalue weighted by molar-refractivity contribution is -0.0233. The smallest absolute Gasteiger partial charge is 0.0932 e. The van der Waals surface area contributed by atoms with Crippen LogP contribution in [-0.4, -0.2) is 31.9 Å². The van der Waals surface area contributed by atoms with Gasteiger partial charge in [0, 0.05) is 12.6 Å². The first-order valence-electron chi connectivity index (χ1n) is 7.88. The van der Waals surface area contributed by atoms with E-state index in [2.05, 4.69) is 17.4 Å². The van der Waals surface area contributed by atoms with Gasteiger partial charge in [0.15, 0.2) is 0 Å². The van der Waals surface area contributed by atoms with Gasteiger partial charge in [-0.15, -0.1) is 0 Å². The second-order valence-corrected chi connectivity index (χ2v) is 6.02. The topological polar surface area (TPSA) is 30.5 Å². The summed E-state index contributed by atoms with van der Waals surface area (Å²) in [5, 5.41) is 3.68. The molecule has 1 aromatic rings. The van der Waals surface area contributed by atoms with Crippen molar-refractivity contribution < 1.29 is 9.47 Å². The van der Waals surface area contributed by atoms with Crippen molar-refractivity contribution in [3.8, 4) is 0 Å². The Morgan fingerprint density at radius 2 is 2.00 bits per heavy atom. The molecule has 0 aromatic heterocycles. The van der Waals surface area contributed by atoms with E-state index in [1.807, 2.05) is 18.2 Å². The number of hydrogen-bond acceptors (Lipinski definition) is 3. The Morgan fingerprint density at radius 1 is 1.15 bits per heavy atom. The molecule has 0 radical (unpaired) electrons. The van der Waals surface area contributed by atoms with E-state index in [0.717, 1.165) is 13.2 Å². The molecule has 1 aliphatic heterocycles. The number of ether oxygens (including phenoxy) is 2. The van der Waals surface area contributed by atoms with Gasteiger partial charge in [-0.25, -0.2) is 0 Å². The average Bonchev–Trinajstić information content (AvgIpc) is 2.71. The van der Waals surface area contributed by atoms with E-state index in [0.29, 0.717) is 25.2 Å². The van der Waals surface area contributed by atoms with Crippen LogP contribution in [0.2, 0.25) is 0 Å². The van der Waals surface area contributed by atoms with E-state index in [9.17, 15) is 0 Å². The summed E-state index contributed by atoms with van der Waals surface area (Å²) < 4.78 is 11.8. The second kappa shape index (κ2) is 7.21. The fourth-order valence-electron chi connectivity index (χ4n) is 3.27. The molecule has 3 rings (SSSR count). The Morgan fingerprint density at radius 3 is 2.90 bits per heavy atom. The van der Waals surface area contributed by atoms with Crippen LogP contribution in [0.1, 0.15) is 31.2 Å². The van der Waals surface area contributed by atoms with Gasteiger partial charge in [-0.1, -0.05) is 43.2 Å². The maximum Gasteiger partial charge on any atom is 0.0932 e. The molecule has 1 aliphatic carbocycles. The minimum Gasteiger partial charge on any atom is -0.374 e. The molecule has 1 saturated heterocycles. The van der Waals surface area contributed by atoms with Gasteiger partial charge in [-0.2, -0.15) is 0 Å². The Kier molecular flexibility index (Phi) is 5.06. The van der Waals surface area contributed by atoms with Crippen molar-refractivity contribution in [2.75, 3.05) is 19.8 Å². The number of benzene rings is 1. The third-order valence-corrected chi connectivity index (χ3v) is 4.48. The van der Waals surface area contributed by atoms with Crippen molar-refractivity contribution in [2.45, 2.75) is 44.4 Å². The summed E-state index contributed by atoms with van der Waals surface area (Å²) in [6, 6.07) is 11.0. The van der Waals surface area contributed by atoms with Gasteiger partial charge in [0.05, 0.1) is 25.9 Å². The highest BCUT2D eigenvalue weighted by molar-refractivity contribution is 5.13. The lowest BCUT2D eigenvalue weighted by Gasteiger charge is -2.29. The first-order chi connectivity index (χ1) is 9.92. The molecular formula is C17H25NO2. The normalized spacial score (nSPS) is 30.5. The molecule has 110 valence electrons. The second-order valence-electron chi connectivity index (χ2n) is 6.02. The predicted octanol–water partition coefficient (Wildman–Crippen LogP) is 2.75. The molecule has 1 heterocycles. The summed E-state index contributed by atoms with van der Waals surface area (Å²) >= 11 is 0. The fraction of sp³-hybridized carbons (Fsp3) is 0.647. The monoisotopic (exact) mass is 275 g/mol. The highest BCUT2D eigenvalue weighted by Crippen LogP contribution is 2.26. The standard InChI is InChI=1S/C17H25NO2/c1-2-6-14(7-3-1)11-19-13-16-10-18-17-9-5-4-8-15(17)12-20-16/h1-3,6-7,15-18H,4-5,8-13H2. The lowest BCUT2D eigenvalue weighted by Crippen LogP contribution is -2.40. The van der Waals surface area contributed by atoms with Crippen molar-refractivity contribution in [3.05, 3.63) is 35.9 Å². The minimum absolute atomic E-state index is 0.198. The van der Waals surface area contributed by atoms with Gasteiger partial charge in [0.25, 0.3) is 0 Å². The minimum atomic E-state index is 0.198. The average molecular weight is 275 g/mol. The molecule has 0 bridgehead atoms. The van der Waals surface area contributed by atoms with Gasteiger partial charge < -0.3 is 14.8 Å². The predicted molar refractivity (Wildman–Crippen MR) is 79.6 cm³/mol. The highest BCUT2D eigenvalue weighted by Gasteiger charge is 2.29. The van der Waals surface area contributed by atoms with E-state index in [-0.39, 0.29) is 6.10 Å². The molecule has 3 unspecified atom stereocenters. The first kappa shape index (κ1) is 14.1. The summed E-state index contributed by atoms with van der Waals surface area (Å²) in [4.78, 5) is 0. The lowest BCUT2D eigenvalue weighted by atomic mass is 9.85. The van der Waals surface area contributed by atoms with Crippen molar-refractivity contribution in [3.63, 3.8) is 0 Å². The molecule has 20 heavy (non-hydrogen) atoms. The summed E-state index contributed by atoms with van der Waals surface area (Å²) in [7, 11) is 0. The third kappa shape index (κ3) is 3.81. The Bertz CT molecular complexity index is 379. The third-order valence-electron chi connectivity index (χ3n) is 4.48. The van der Waals surface area contributed by atoms with Crippen LogP contribution in [0.15, 0.2) is 30.3 Å². The van der Waals surface area contributed by atoms with E-state index >= 15 is 0 Å². The number of fused-ring (bicyclic) bond motifs is 1. The SMILES string of the molecule is c1ccc(COCC2CNC3CCCCC3CO2)cc1. The zero-order valence-electron chi connectivity index (χ0n) is 12.1. The number of hydrogen-bond donors (Lipinski definition) is 1. The van der Waals surface area contributed by atoms with Crippen LogP contribution in [0.3, 0.4) is 0 Å². The van der Waals surface area contributed by atoms with E-state index in [4.69, 9.17) is 9.47 Å². The first-order valence-corrected chi connectivity index (χ1v) is 7.88. The van der Waals surface area contributed by atoms with Crippen LogP contribution in [0.25, 0.3) is 0 Å². The molecule has 2 fully saturated rings. The molecule has 2 aliphatic rings. The van der Waals surface area contributed by atoms with Gasteiger partial charge in [0.1, 0.15) is 0 Å². The number of nitrogens with one attached hydrogen (secondary N) is 1. The summed E-state index contributed by atoms with van der Waals surface area (Å²) in [5.74, 6) is 0.711. The van der Waals surface area contributed by atoms with Crippen LogP contribution in [0.4, 0.5) is 0 Å². The summed E-state index contributed by atoms with van der Waals surface area (Å²) in [5.41, 5.74) is 1.22. The molecular weight excluding hydrogens is 250 g/mol. The molecule has 0 amide bonds. The van der Waals surface area contributed by atoms with Crippen LogP contribution < -0.4 is 5.32 Å². The highest BCUT2D eigenvalue weighted by atomic mass is 16.5. The Labute approximate surface area is 121 Å². The molecule has 1 saturated carbocycles. The van der Waals surface area contributed by atoms with Crippen molar-refractivity contribution in [1.29, 1.82) is 0 Å². The number of rotatable bonds is 4. The summed E-state index contributed by atoms with van der Waals surface area (Å²) in [6.45, 7) is 3.18. The Hall–Kier alpha value is -0.900. The Balaban J connectivity index is 1.42. The molecule has 3 nitrogen and oxygen atoms in total. The van der Waals surface area contributed by atoms with Crippen LogP contribution in [-0.2, 0) is 16.1 Å². The fourth-order valence-corrected chi connectivity index (χ4v) is 3.27. The van der Waals surface area contributed by atoms with Crippen LogP contribution in [0.5, 0.6) is 0 Å². The van der Waals surface area contributed by atoms with E-state index in [1.165, 1.54) is 31.2 Å². The molecule has 0 spiro atoms. The van der Waals surface area contributed by atoms with Crippen molar-refractivity contribution in [1.82, 2.24) is 5.32 Å². The van der Waals surface area contributed by atoms with Gasteiger partial charge in [-0.3, -0.25) is 0 Å². The van der Waals surface area contributed by atoms with Gasteiger partial charge in [0.2, 0.25) is 0 Å². The zero-order chi connectivity index (χ0) is 13.6. The van der Waals surface area contributed by atoms with Crippen LogP contribution >= 0.6 is 0 Å². The van der Waals surface area contributed by atoms with Crippen LogP contribution in [0, 0.1) is 5.92 Å².